The first kappa shape index (κ1) is 18.3. The highest BCUT2D eigenvalue weighted by molar-refractivity contribution is 6.02. The Hall–Kier alpha value is -3.09. The van der Waals surface area contributed by atoms with Gasteiger partial charge in [-0.25, -0.2) is 0 Å². The highest BCUT2D eigenvalue weighted by Crippen LogP contribution is 2.31. The third-order valence-corrected chi connectivity index (χ3v) is 3.20. The molecule has 0 aromatic heterocycles. The van der Waals surface area contributed by atoms with E-state index in [-0.39, 0.29) is 11.5 Å². The number of nitrogens with one attached hydrogen (secondary N) is 1. The lowest BCUT2D eigenvalue weighted by molar-refractivity contribution is -0.111. The van der Waals surface area contributed by atoms with Gasteiger partial charge in [-0.2, -0.15) is 8.78 Å². The lowest BCUT2D eigenvalue weighted by Gasteiger charge is -2.11. The van der Waals surface area contributed by atoms with E-state index in [1.165, 1.54) is 38.5 Å². The average molecular weight is 349 g/mol. The molecule has 7 heteroatoms. The summed E-state index contributed by atoms with van der Waals surface area (Å²) < 4.78 is 39.3. The van der Waals surface area contributed by atoms with Crippen LogP contribution in [0.3, 0.4) is 0 Å². The van der Waals surface area contributed by atoms with Crippen LogP contribution in [0.15, 0.2) is 48.5 Å². The quantitative estimate of drug-likeness (QED) is 0.769. The number of alkyl halides is 2. The lowest BCUT2D eigenvalue weighted by atomic mass is 10.2. The van der Waals surface area contributed by atoms with Crippen molar-refractivity contribution in [1.29, 1.82) is 0 Å². The molecule has 0 saturated heterocycles. The minimum absolute atomic E-state index is 0.142. The summed E-state index contributed by atoms with van der Waals surface area (Å²) in [6, 6.07) is 11.4. The maximum Gasteiger partial charge on any atom is 0.387 e. The summed E-state index contributed by atoms with van der Waals surface area (Å²) in [7, 11) is 2.87. The highest BCUT2D eigenvalue weighted by Gasteiger charge is 2.12. The van der Waals surface area contributed by atoms with Crippen molar-refractivity contribution in [2.45, 2.75) is 6.61 Å². The van der Waals surface area contributed by atoms with Crippen molar-refractivity contribution in [3.05, 3.63) is 54.1 Å². The number of amides is 1. The summed E-state index contributed by atoms with van der Waals surface area (Å²) in [6.07, 6.45) is 2.91. The van der Waals surface area contributed by atoms with Crippen molar-refractivity contribution < 1.29 is 27.8 Å². The molecule has 0 radical (unpaired) electrons. The van der Waals surface area contributed by atoms with Gasteiger partial charge in [0.25, 0.3) is 0 Å². The number of para-hydroxylation sites is 1. The third kappa shape index (κ3) is 5.20. The molecule has 5 nitrogen and oxygen atoms in total. The number of anilines is 1. The van der Waals surface area contributed by atoms with E-state index < -0.39 is 12.5 Å². The molecule has 0 fully saturated rings. The van der Waals surface area contributed by atoms with Crippen LogP contribution < -0.4 is 19.5 Å². The molecule has 2 aromatic rings. The van der Waals surface area contributed by atoms with Crippen molar-refractivity contribution in [2.75, 3.05) is 19.5 Å². The second-order valence-electron chi connectivity index (χ2n) is 4.81. The van der Waals surface area contributed by atoms with E-state index in [0.29, 0.717) is 11.4 Å². The lowest BCUT2D eigenvalue weighted by Crippen LogP contribution is -2.09. The normalized spacial score (nSPS) is 10.8. The average Bonchev–Trinajstić information content (AvgIpc) is 2.60. The molecule has 0 aliphatic carbocycles. The number of carbonyl (C=O) groups is 1. The molecule has 0 unspecified atom stereocenters. The summed E-state index contributed by atoms with van der Waals surface area (Å²) in [5, 5.41) is 2.57. The van der Waals surface area contributed by atoms with E-state index in [0.717, 1.165) is 5.56 Å². The van der Waals surface area contributed by atoms with E-state index in [9.17, 15) is 13.6 Å². The summed E-state index contributed by atoms with van der Waals surface area (Å²) in [5.74, 6) is 0.176. The van der Waals surface area contributed by atoms with Crippen LogP contribution in [0, 0.1) is 0 Å². The van der Waals surface area contributed by atoms with Gasteiger partial charge in [0.1, 0.15) is 5.75 Å². The van der Waals surface area contributed by atoms with Gasteiger partial charge in [0.2, 0.25) is 5.91 Å². The molecule has 0 heterocycles. The Kier molecular flexibility index (Phi) is 6.33. The first-order valence-corrected chi connectivity index (χ1v) is 7.28. The zero-order chi connectivity index (χ0) is 18.2. The first-order chi connectivity index (χ1) is 12.0. The summed E-state index contributed by atoms with van der Waals surface area (Å²) in [6.45, 7) is -3.00. The molecular weight excluding hydrogens is 332 g/mol. The van der Waals surface area contributed by atoms with Crippen molar-refractivity contribution in [2.24, 2.45) is 0 Å². The monoisotopic (exact) mass is 349 g/mol. The van der Waals surface area contributed by atoms with Crippen LogP contribution in [-0.2, 0) is 4.79 Å². The summed E-state index contributed by atoms with van der Waals surface area (Å²) in [5.41, 5.74) is 1.03. The van der Waals surface area contributed by atoms with Crippen LogP contribution in [0.4, 0.5) is 14.5 Å². The van der Waals surface area contributed by atoms with Crippen LogP contribution in [0.25, 0.3) is 6.08 Å². The molecule has 0 bridgehead atoms. The topological polar surface area (TPSA) is 56.8 Å². The van der Waals surface area contributed by atoms with Crippen LogP contribution in [0.5, 0.6) is 17.2 Å². The molecule has 1 N–H and O–H groups in total. The van der Waals surface area contributed by atoms with Crippen LogP contribution in [0.1, 0.15) is 5.56 Å². The minimum Gasteiger partial charge on any atom is -0.496 e. The zero-order valence-corrected chi connectivity index (χ0v) is 13.7. The van der Waals surface area contributed by atoms with Crippen molar-refractivity contribution in [3.63, 3.8) is 0 Å². The number of halogens is 2. The number of ether oxygens (including phenoxy) is 3. The van der Waals surface area contributed by atoms with Crippen molar-refractivity contribution >= 4 is 17.7 Å². The molecule has 0 saturated carbocycles. The fourth-order valence-corrected chi connectivity index (χ4v) is 2.10. The van der Waals surface area contributed by atoms with Gasteiger partial charge in [0.15, 0.2) is 11.5 Å². The number of hydrogen-bond donors (Lipinski definition) is 1. The molecule has 0 atom stereocenters. The highest BCUT2D eigenvalue weighted by atomic mass is 19.3. The number of hydrogen-bond acceptors (Lipinski definition) is 4. The molecule has 1 amide bonds. The smallest absolute Gasteiger partial charge is 0.387 e. The minimum atomic E-state index is -3.00. The summed E-state index contributed by atoms with van der Waals surface area (Å²) in [4.78, 5) is 12.0. The molecule has 0 spiro atoms. The van der Waals surface area contributed by atoms with Gasteiger partial charge >= 0.3 is 6.61 Å². The van der Waals surface area contributed by atoms with E-state index in [2.05, 4.69) is 10.1 Å². The standard InChI is InChI=1S/C18H17F2NO4/c1-23-14-6-4-3-5-12(14)7-10-17(22)21-13-8-9-15(24-2)16(11-13)25-18(19)20/h3-11,18H,1-2H3,(H,21,22)/b10-7+. The molecule has 132 valence electrons. The molecule has 2 aromatic carbocycles. The van der Waals surface area contributed by atoms with E-state index in [1.54, 1.807) is 18.2 Å². The van der Waals surface area contributed by atoms with Gasteiger partial charge in [-0.1, -0.05) is 18.2 Å². The molecule has 2 rings (SSSR count). The van der Waals surface area contributed by atoms with E-state index in [4.69, 9.17) is 9.47 Å². The van der Waals surface area contributed by atoms with Crippen molar-refractivity contribution in [3.8, 4) is 17.2 Å². The summed E-state index contributed by atoms with van der Waals surface area (Å²) >= 11 is 0. The predicted octanol–water partition coefficient (Wildman–Crippen LogP) is 3.96. The Morgan fingerprint density at radius 2 is 1.76 bits per heavy atom. The second-order valence-corrected chi connectivity index (χ2v) is 4.81. The maximum absolute atomic E-state index is 12.4. The Balaban J connectivity index is 2.11. The molecule has 0 aliphatic rings. The van der Waals surface area contributed by atoms with Gasteiger partial charge in [-0.05, 0) is 24.3 Å². The number of rotatable bonds is 7. The number of methoxy groups -OCH3 is 2. The third-order valence-electron chi connectivity index (χ3n) is 3.20. The molecular formula is C18H17F2NO4. The second kappa shape index (κ2) is 8.68. The van der Waals surface area contributed by atoms with Gasteiger partial charge in [-0.3, -0.25) is 4.79 Å². The molecule has 0 aliphatic heterocycles. The SMILES string of the molecule is COc1ccccc1/C=C/C(=O)Nc1ccc(OC)c(OC(F)F)c1. The first-order valence-electron chi connectivity index (χ1n) is 7.28. The van der Waals surface area contributed by atoms with Gasteiger partial charge < -0.3 is 19.5 Å². The van der Waals surface area contributed by atoms with Crippen molar-refractivity contribution in [1.82, 2.24) is 0 Å². The fraction of sp³-hybridized carbons (Fsp3) is 0.167. The Bertz CT molecular complexity index is 762. The fourth-order valence-electron chi connectivity index (χ4n) is 2.10. The Morgan fingerprint density at radius 1 is 1.04 bits per heavy atom. The number of benzene rings is 2. The maximum atomic E-state index is 12.4. The van der Waals surface area contributed by atoms with Crippen LogP contribution in [-0.4, -0.2) is 26.7 Å². The van der Waals surface area contributed by atoms with E-state index >= 15 is 0 Å². The van der Waals surface area contributed by atoms with Crippen LogP contribution >= 0.6 is 0 Å². The van der Waals surface area contributed by atoms with Gasteiger partial charge in [0, 0.05) is 23.4 Å². The largest absolute Gasteiger partial charge is 0.496 e. The van der Waals surface area contributed by atoms with Crippen LogP contribution in [0.2, 0.25) is 0 Å². The Morgan fingerprint density at radius 3 is 2.44 bits per heavy atom. The zero-order valence-electron chi connectivity index (χ0n) is 13.7. The number of carbonyl (C=O) groups excluding carboxylic acids is 1. The Labute approximate surface area is 143 Å². The van der Waals surface area contributed by atoms with Gasteiger partial charge in [-0.15, -0.1) is 0 Å². The van der Waals surface area contributed by atoms with Gasteiger partial charge in [0.05, 0.1) is 14.2 Å². The van der Waals surface area contributed by atoms with E-state index in [1.807, 2.05) is 12.1 Å². The molecule has 25 heavy (non-hydrogen) atoms. The predicted molar refractivity (Wildman–Crippen MR) is 90.3 cm³/mol.